The lowest BCUT2D eigenvalue weighted by atomic mass is 10.1. The van der Waals surface area contributed by atoms with Crippen molar-refractivity contribution in [1.29, 1.82) is 0 Å². The van der Waals surface area contributed by atoms with Crippen molar-refractivity contribution in [2.24, 2.45) is 0 Å². The third-order valence-corrected chi connectivity index (χ3v) is 5.25. The Hall–Kier alpha value is -2.74. The van der Waals surface area contributed by atoms with Crippen LogP contribution < -0.4 is 10.2 Å². The van der Waals surface area contributed by atoms with Gasteiger partial charge in [0.25, 0.3) is 5.91 Å². The fourth-order valence-corrected chi connectivity index (χ4v) is 3.78. The predicted octanol–water partition coefficient (Wildman–Crippen LogP) is 2.10. The van der Waals surface area contributed by atoms with Crippen molar-refractivity contribution in [2.75, 3.05) is 24.6 Å². The van der Waals surface area contributed by atoms with Gasteiger partial charge in [0.05, 0.1) is 12.1 Å². The lowest BCUT2D eigenvalue weighted by Crippen LogP contribution is -2.30. The molecule has 2 aromatic rings. The highest BCUT2D eigenvalue weighted by atomic mass is 32.1. The summed E-state index contributed by atoms with van der Waals surface area (Å²) in [4.78, 5) is 41.4. The molecule has 0 spiro atoms. The maximum atomic E-state index is 11.9. The van der Waals surface area contributed by atoms with E-state index < -0.39 is 5.97 Å². The Kier molecular flexibility index (Phi) is 7.13. The Morgan fingerprint density at radius 3 is 2.82 bits per heavy atom. The van der Waals surface area contributed by atoms with E-state index in [1.54, 1.807) is 10.3 Å². The van der Waals surface area contributed by atoms with Gasteiger partial charge in [-0.15, -0.1) is 11.3 Å². The lowest BCUT2D eigenvalue weighted by molar-refractivity contribution is -0.147. The zero-order chi connectivity index (χ0) is 19.8. The van der Waals surface area contributed by atoms with E-state index in [-0.39, 0.29) is 24.8 Å². The molecule has 0 saturated carbocycles. The fraction of sp³-hybridized carbons (Fsp3) is 0.400. The van der Waals surface area contributed by atoms with Crippen LogP contribution in [0, 0.1) is 0 Å². The van der Waals surface area contributed by atoms with E-state index in [1.165, 1.54) is 16.9 Å². The average molecular weight is 401 g/mol. The predicted molar refractivity (Wildman–Crippen MR) is 106 cm³/mol. The molecule has 1 aromatic carbocycles. The molecule has 8 heteroatoms. The summed E-state index contributed by atoms with van der Waals surface area (Å²) in [6, 6.07) is 10.0. The first kappa shape index (κ1) is 20.0. The highest BCUT2D eigenvalue weighted by molar-refractivity contribution is 7.14. The van der Waals surface area contributed by atoms with Gasteiger partial charge in [-0.3, -0.25) is 19.3 Å². The summed E-state index contributed by atoms with van der Waals surface area (Å²) in [5.74, 6) is -0.764. The molecule has 1 saturated heterocycles. The van der Waals surface area contributed by atoms with E-state index in [0.717, 1.165) is 19.3 Å². The topological polar surface area (TPSA) is 88.6 Å². The SMILES string of the molecule is O=C(COC(=O)Cc1csc(N2CCCC2=O)n1)NCCCc1ccccc1. The largest absolute Gasteiger partial charge is 0.455 e. The number of nitrogens with one attached hydrogen (secondary N) is 1. The van der Waals surface area contributed by atoms with Crippen molar-refractivity contribution < 1.29 is 19.1 Å². The number of anilines is 1. The first-order valence-electron chi connectivity index (χ1n) is 9.33. The third kappa shape index (κ3) is 5.88. The van der Waals surface area contributed by atoms with Crippen molar-refractivity contribution in [2.45, 2.75) is 32.1 Å². The summed E-state index contributed by atoms with van der Waals surface area (Å²) in [7, 11) is 0. The molecule has 7 nitrogen and oxygen atoms in total. The van der Waals surface area contributed by atoms with Crippen molar-refractivity contribution in [3.63, 3.8) is 0 Å². The molecule has 2 heterocycles. The van der Waals surface area contributed by atoms with Crippen LogP contribution >= 0.6 is 11.3 Å². The molecule has 1 aromatic heterocycles. The molecular weight excluding hydrogens is 378 g/mol. The number of nitrogens with zero attached hydrogens (tertiary/aromatic N) is 2. The monoisotopic (exact) mass is 401 g/mol. The van der Waals surface area contributed by atoms with Crippen molar-refractivity contribution in [3.05, 3.63) is 47.0 Å². The Bertz CT molecular complexity index is 822. The number of benzene rings is 1. The molecule has 1 aliphatic rings. The quantitative estimate of drug-likeness (QED) is 0.514. The van der Waals surface area contributed by atoms with Gasteiger partial charge in [0, 0.05) is 24.9 Å². The maximum absolute atomic E-state index is 11.9. The summed E-state index contributed by atoms with van der Waals surface area (Å²) in [6.07, 6.45) is 3.06. The van der Waals surface area contributed by atoms with Crippen LogP contribution in [0.3, 0.4) is 0 Å². The van der Waals surface area contributed by atoms with Crippen LogP contribution in [0.4, 0.5) is 5.13 Å². The Morgan fingerprint density at radius 1 is 1.25 bits per heavy atom. The first-order valence-corrected chi connectivity index (χ1v) is 10.2. The van der Waals surface area contributed by atoms with Gasteiger partial charge in [0.15, 0.2) is 11.7 Å². The van der Waals surface area contributed by atoms with Crippen LogP contribution in [0.25, 0.3) is 0 Å². The second-order valence-corrected chi connectivity index (χ2v) is 7.38. The standard InChI is InChI=1S/C20H23N3O4S/c24-17(21-10-4-8-15-6-2-1-3-7-15)13-27-19(26)12-16-14-28-20(22-16)23-11-5-9-18(23)25/h1-3,6-7,14H,4-5,8-13H2,(H,21,24). The molecule has 3 rings (SSSR count). The normalized spacial score (nSPS) is 13.6. The maximum Gasteiger partial charge on any atom is 0.312 e. The van der Waals surface area contributed by atoms with Gasteiger partial charge in [-0.1, -0.05) is 30.3 Å². The van der Waals surface area contributed by atoms with Crippen LogP contribution in [-0.4, -0.2) is 42.5 Å². The van der Waals surface area contributed by atoms with Crippen LogP contribution in [-0.2, 0) is 32.0 Å². The molecule has 28 heavy (non-hydrogen) atoms. The Balaban J connectivity index is 1.32. The summed E-state index contributed by atoms with van der Waals surface area (Å²) >= 11 is 1.34. The van der Waals surface area contributed by atoms with Crippen molar-refractivity contribution in [3.8, 4) is 0 Å². The first-order chi connectivity index (χ1) is 13.6. The number of aryl methyl sites for hydroxylation is 1. The average Bonchev–Trinajstić information content (AvgIpc) is 3.33. The summed E-state index contributed by atoms with van der Waals surface area (Å²) in [5, 5.41) is 5.10. The van der Waals surface area contributed by atoms with E-state index in [1.807, 2.05) is 30.3 Å². The minimum absolute atomic E-state index is 0.0141. The number of hydrogen-bond donors (Lipinski definition) is 1. The smallest absolute Gasteiger partial charge is 0.312 e. The molecule has 1 N–H and O–H groups in total. The van der Waals surface area contributed by atoms with E-state index in [2.05, 4.69) is 10.3 Å². The second-order valence-electron chi connectivity index (χ2n) is 6.55. The van der Waals surface area contributed by atoms with Crippen molar-refractivity contribution >= 4 is 34.3 Å². The van der Waals surface area contributed by atoms with E-state index >= 15 is 0 Å². The molecule has 0 atom stereocenters. The van der Waals surface area contributed by atoms with Gasteiger partial charge in [0.2, 0.25) is 5.91 Å². The zero-order valence-electron chi connectivity index (χ0n) is 15.6. The highest BCUT2D eigenvalue weighted by Crippen LogP contribution is 2.25. The minimum Gasteiger partial charge on any atom is -0.455 e. The molecule has 0 radical (unpaired) electrons. The van der Waals surface area contributed by atoms with E-state index in [9.17, 15) is 14.4 Å². The van der Waals surface area contributed by atoms with Gasteiger partial charge in [0.1, 0.15) is 0 Å². The summed E-state index contributed by atoms with van der Waals surface area (Å²) < 4.78 is 5.01. The Morgan fingerprint density at radius 2 is 2.07 bits per heavy atom. The molecule has 148 valence electrons. The van der Waals surface area contributed by atoms with Crippen LogP contribution in [0.2, 0.25) is 0 Å². The number of rotatable bonds is 9. The number of aromatic nitrogens is 1. The highest BCUT2D eigenvalue weighted by Gasteiger charge is 2.24. The van der Waals surface area contributed by atoms with E-state index in [0.29, 0.717) is 30.3 Å². The summed E-state index contributed by atoms with van der Waals surface area (Å²) in [6.45, 7) is 0.900. The fourth-order valence-electron chi connectivity index (χ4n) is 2.91. The Labute approximate surface area is 167 Å². The molecular formula is C20H23N3O4S. The number of esters is 1. The number of hydrogen-bond acceptors (Lipinski definition) is 6. The molecule has 1 fully saturated rings. The number of carbonyl (C=O) groups excluding carboxylic acids is 3. The zero-order valence-corrected chi connectivity index (χ0v) is 16.4. The lowest BCUT2D eigenvalue weighted by Gasteiger charge is -2.10. The van der Waals surface area contributed by atoms with Gasteiger partial charge < -0.3 is 10.1 Å². The molecule has 1 aliphatic heterocycles. The van der Waals surface area contributed by atoms with Crippen molar-refractivity contribution in [1.82, 2.24) is 10.3 Å². The third-order valence-electron chi connectivity index (χ3n) is 4.34. The van der Waals surface area contributed by atoms with Gasteiger partial charge in [-0.25, -0.2) is 4.98 Å². The minimum atomic E-state index is -0.510. The number of amides is 2. The number of ether oxygens (including phenoxy) is 1. The summed E-state index contributed by atoms with van der Waals surface area (Å²) in [5.41, 5.74) is 1.77. The number of carbonyl (C=O) groups is 3. The van der Waals surface area contributed by atoms with E-state index in [4.69, 9.17) is 4.74 Å². The van der Waals surface area contributed by atoms with Crippen LogP contribution in [0.15, 0.2) is 35.7 Å². The van der Waals surface area contributed by atoms with Crippen LogP contribution in [0.1, 0.15) is 30.5 Å². The van der Waals surface area contributed by atoms with Gasteiger partial charge in [-0.05, 0) is 24.8 Å². The molecule has 2 amide bonds. The van der Waals surface area contributed by atoms with Gasteiger partial charge in [-0.2, -0.15) is 0 Å². The molecule has 0 aliphatic carbocycles. The molecule has 0 unspecified atom stereocenters. The number of thiazole rings is 1. The van der Waals surface area contributed by atoms with Crippen LogP contribution in [0.5, 0.6) is 0 Å². The molecule has 0 bridgehead atoms. The second kappa shape index (κ2) is 9.98. The van der Waals surface area contributed by atoms with Gasteiger partial charge >= 0.3 is 5.97 Å².